The van der Waals surface area contributed by atoms with Crippen LogP contribution in [0.2, 0.25) is 5.02 Å². The molecule has 112 valence electrons. The third-order valence-electron chi connectivity index (χ3n) is 3.54. The van der Waals surface area contributed by atoms with Crippen LogP contribution in [0.5, 0.6) is 11.5 Å². The monoisotopic (exact) mass is 315 g/mol. The Morgan fingerprint density at radius 2 is 2.14 bits per heavy atom. The smallest absolute Gasteiger partial charge is 0.171 e. The molecule has 0 amide bonds. The number of ether oxygens (including phenoxy) is 2. The normalized spacial score (nSPS) is 16.0. The van der Waals surface area contributed by atoms with Crippen molar-refractivity contribution in [2.45, 2.75) is 13.0 Å². The van der Waals surface area contributed by atoms with Crippen molar-refractivity contribution < 1.29 is 9.47 Å². The third-order valence-corrected chi connectivity index (χ3v) is 3.86. The van der Waals surface area contributed by atoms with Gasteiger partial charge in [0.25, 0.3) is 0 Å². The predicted octanol–water partition coefficient (Wildman–Crippen LogP) is 4.77. The molecular formula is C16H14ClN3O2. The molecule has 0 aromatic heterocycles. The highest BCUT2D eigenvalue weighted by Crippen LogP contribution is 2.46. The van der Waals surface area contributed by atoms with Gasteiger partial charge in [0.2, 0.25) is 0 Å². The molecule has 0 fully saturated rings. The van der Waals surface area contributed by atoms with Crippen molar-refractivity contribution in [3.05, 3.63) is 57.4 Å². The molecule has 0 N–H and O–H groups in total. The van der Waals surface area contributed by atoms with Crippen LogP contribution in [0.3, 0.4) is 0 Å². The molecular weight excluding hydrogens is 302 g/mol. The number of azide groups is 1. The van der Waals surface area contributed by atoms with Crippen molar-refractivity contribution in [3.8, 4) is 22.6 Å². The van der Waals surface area contributed by atoms with Crippen LogP contribution in [0.25, 0.3) is 21.6 Å². The van der Waals surface area contributed by atoms with Crippen LogP contribution >= 0.6 is 11.6 Å². The molecule has 0 aliphatic carbocycles. The molecule has 2 aromatic rings. The highest BCUT2D eigenvalue weighted by Gasteiger charge is 2.26. The number of rotatable bonds is 3. The van der Waals surface area contributed by atoms with Crippen molar-refractivity contribution in [1.29, 1.82) is 0 Å². The lowest BCUT2D eigenvalue weighted by molar-refractivity contribution is 0.0977. The summed E-state index contributed by atoms with van der Waals surface area (Å²) in [6.07, 6.45) is -0.315. The molecule has 0 bridgehead atoms. The summed E-state index contributed by atoms with van der Waals surface area (Å²) in [5, 5.41) is 4.15. The molecule has 0 saturated carbocycles. The zero-order chi connectivity index (χ0) is 15.5. The first kappa shape index (κ1) is 14.6. The van der Waals surface area contributed by atoms with Crippen molar-refractivity contribution in [2.24, 2.45) is 5.11 Å². The number of halogens is 1. The van der Waals surface area contributed by atoms with Gasteiger partial charge in [0, 0.05) is 10.5 Å². The molecule has 5 nitrogen and oxygen atoms in total. The molecule has 0 radical (unpaired) electrons. The average Bonchev–Trinajstić information content (AvgIpc) is 2.54. The SMILES string of the molecule is Cc1ccccc1-c1c(Cl)ccc2c1OC(CN=[N+]=[N-])CO2. The average molecular weight is 316 g/mol. The highest BCUT2D eigenvalue weighted by atomic mass is 35.5. The van der Waals surface area contributed by atoms with Gasteiger partial charge in [-0.15, -0.1) is 0 Å². The van der Waals surface area contributed by atoms with Crippen molar-refractivity contribution >= 4 is 11.6 Å². The van der Waals surface area contributed by atoms with Gasteiger partial charge in [0.15, 0.2) is 11.5 Å². The molecule has 0 spiro atoms. The van der Waals surface area contributed by atoms with E-state index in [1.54, 1.807) is 12.1 Å². The summed E-state index contributed by atoms with van der Waals surface area (Å²) < 4.78 is 11.7. The number of nitrogens with zero attached hydrogens (tertiary/aromatic N) is 3. The second-order valence-corrected chi connectivity index (χ2v) is 5.44. The third kappa shape index (κ3) is 2.69. The molecule has 2 aromatic carbocycles. The van der Waals surface area contributed by atoms with E-state index in [1.165, 1.54) is 0 Å². The molecule has 1 unspecified atom stereocenters. The first-order valence-corrected chi connectivity index (χ1v) is 7.27. The lowest BCUT2D eigenvalue weighted by Gasteiger charge is -2.28. The van der Waals surface area contributed by atoms with Crippen LogP contribution < -0.4 is 9.47 Å². The largest absolute Gasteiger partial charge is 0.486 e. The molecule has 6 heteroatoms. The Balaban J connectivity index is 2.08. The second kappa shape index (κ2) is 6.18. The van der Waals surface area contributed by atoms with Crippen LogP contribution in [0.15, 0.2) is 41.5 Å². The van der Waals surface area contributed by atoms with Crippen LogP contribution in [0.1, 0.15) is 5.56 Å². The van der Waals surface area contributed by atoms with E-state index in [2.05, 4.69) is 10.0 Å². The fraction of sp³-hybridized carbons (Fsp3) is 0.250. The zero-order valence-electron chi connectivity index (χ0n) is 12.0. The van der Waals surface area contributed by atoms with Gasteiger partial charge >= 0.3 is 0 Å². The number of aryl methyl sites for hydroxylation is 1. The Morgan fingerprint density at radius 3 is 2.91 bits per heavy atom. The molecule has 1 aliphatic heterocycles. The van der Waals surface area contributed by atoms with Gasteiger partial charge < -0.3 is 9.47 Å². The Hall–Kier alpha value is -2.36. The second-order valence-electron chi connectivity index (χ2n) is 5.03. The number of fused-ring (bicyclic) bond motifs is 1. The number of hydrogen-bond donors (Lipinski definition) is 0. The maximum atomic E-state index is 8.45. The first-order chi connectivity index (χ1) is 10.7. The van der Waals surface area contributed by atoms with Crippen LogP contribution in [0, 0.1) is 6.92 Å². The summed E-state index contributed by atoms with van der Waals surface area (Å²) in [4.78, 5) is 2.76. The standard InChI is InChI=1S/C16H14ClN3O2/c1-10-4-2-3-5-12(10)15-13(17)6-7-14-16(15)22-11(9-21-14)8-19-20-18/h2-7,11H,8-9H2,1H3. The summed E-state index contributed by atoms with van der Waals surface area (Å²) in [6, 6.07) is 11.6. The van der Waals surface area contributed by atoms with Gasteiger partial charge in [-0.25, -0.2) is 0 Å². The molecule has 1 aliphatic rings. The fourth-order valence-electron chi connectivity index (χ4n) is 2.48. The lowest BCUT2D eigenvalue weighted by atomic mass is 9.99. The summed E-state index contributed by atoms with van der Waals surface area (Å²) in [6.45, 7) is 2.59. The Morgan fingerprint density at radius 1 is 1.32 bits per heavy atom. The van der Waals surface area contributed by atoms with Crippen molar-refractivity contribution in [2.75, 3.05) is 13.2 Å². The lowest BCUT2D eigenvalue weighted by Crippen LogP contribution is -2.31. The summed E-state index contributed by atoms with van der Waals surface area (Å²) in [5.74, 6) is 1.26. The van der Waals surface area contributed by atoms with Gasteiger partial charge in [-0.05, 0) is 35.7 Å². The van der Waals surface area contributed by atoms with Crippen LogP contribution in [0.4, 0.5) is 0 Å². The maximum Gasteiger partial charge on any atom is 0.171 e. The highest BCUT2D eigenvalue weighted by molar-refractivity contribution is 6.34. The van der Waals surface area contributed by atoms with Crippen molar-refractivity contribution in [3.63, 3.8) is 0 Å². The van der Waals surface area contributed by atoms with E-state index in [4.69, 9.17) is 26.6 Å². The van der Waals surface area contributed by atoms with Gasteiger partial charge in [0.05, 0.1) is 11.6 Å². The van der Waals surface area contributed by atoms with Gasteiger partial charge in [-0.3, -0.25) is 0 Å². The van der Waals surface area contributed by atoms with Crippen molar-refractivity contribution in [1.82, 2.24) is 0 Å². The Bertz CT molecular complexity index is 757. The maximum absolute atomic E-state index is 8.45. The summed E-state index contributed by atoms with van der Waals surface area (Å²) in [7, 11) is 0. The van der Waals surface area contributed by atoms with Crippen LogP contribution in [-0.2, 0) is 0 Å². The fourth-order valence-corrected chi connectivity index (χ4v) is 2.73. The van der Waals surface area contributed by atoms with Gasteiger partial charge in [-0.2, -0.15) is 0 Å². The molecule has 0 saturated heterocycles. The summed E-state index contributed by atoms with van der Waals surface area (Å²) in [5.41, 5.74) is 11.3. The first-order valence-electron chi connectivity index (χ1n) is 6.89. The van der Waals surface area contributed by atoms with E-state index in [1.807, 2.05) is 31.2 Å². The molecule has 1 atom stereocenters. The quantitative estimate of drug-likeness (QED) is 0.465. The Kier molecular flexibility index (Phi) is 4.09. The number of benzene rings is 2. The molecule has 22 heavy (non-hydrogen) atoms. The van der Waals surface area contributed by atoms with E-state index >= 15 is 0 Å². The van der Waals surface area contributed by atoms with E-state index in [-0.39, 0.29) is 12.6 Å². The molecule has 3 rings (SSSR count). The predicted molar refractivity (Wildman–Crippen MR) is 85.5 cm³/mol. The number of hydrogen-bond acceptors (Lipinski definition) is 3. The zero-order valence-corrected chi connectivity index (χ0v) is 12.7. The van der Waals surface area contributed by atoms with Gasteiger partial charge in [-0.1, -0.05) is 41.0 Å². The minimum absolute atomic E-state index is 0.218. The summed E-state index contributed by atoms with van der Waals surface area (Å²) >= 11 is 6.40. The van der Waals surface area contributed by atoms with Crippen LogP contribution in [-0.4, -0.2) is 19.3 Å². The minimum atomic E-state index is -0.315. The topological polar surface area (TPSA) is 67.2 Å². The minimum Gasteiger partial charge on any atom is -0.486 e. The van der Waals surface area contributed by atoms with Gasteiger partial charge in [0.1, 0.15) is 12.7 Å². The van der Waals surface area contributed by atoms with E-state index < -0.39 is 0 Å². The van der Waals surface area contributed by atoms with E-state index in [0.717, 1.165) is 16.7 Å². The molecule has 1 heterocycles. The Labute approximate surface area is 133 Å². The van der Waals surface area contributed by atoms with E-state index in [0.29, 0.717) is 23.1 Å². The van der Waals surface area contributed by atoms with E-state index in [9.17, 15) is 0 Å².